The quantitative estimate of drug-likeness (QED) is 0.0771. The maximum absolute atomic E-state index is 12.7. The molecule has 17 heteroatoms. The van der Waals surface area contributed by atoms with Crippen LogP contribution in [0, 0.1) is 0 Å². The molecule has 1 saturated heterocycles. The van der Waals surface area contributed by atoms with Gasteiger partial charge in [-0.15, -0.1) is 5.10 Å². The van der Waals surface area contributed by atoms with Gasteiger partial charge in [0, 0.05) is 12.6 Å². The third-order valence-corrected chi connectivity index (χ3v) is 6.76. The normalized spacial score (nSPS) is 18.2. The number of fused-ring (bicyclic) bond motifs is 1. The van der Waals surface area contributed by atoms with Crippen LogP contribution in [-0.2, 0) is 36.8 Å². The van der Waals surface area contributed by atoms with Gasteiger partial charge in [0.15, 0.2) is 11.3 Å². The molecule has 0 bridgehead atoms. The Kier molecular flexibility index (Phi) is 10.2. The number of carbonyl (C=O) groups excluding carboxylic acids is 4. The van der Waals surface area contributed by atoms with Gasteiger partial charge in [-0.05, 0) is 44.9 Å². The van der Waals surface area contributed by atoms with Crippen LogP contribution in [-0.4, -0.2) is 93.0 Å². The maximum Gasteiger partial charge on any atom is 0.547 e. The number of alkyl halides is 1. The van der Waals surface area contributed by atoms with Gasteiger partial charge in [-0.2, -0.15) is 0 Å². The van der Waals surface area contributed by atoms with Crippen molar-refractivity contribution in [2.24, 2.45) is 0 Å². The summed E-state index contributed by atoms with van der Waals surface area (Å²) < 4.78 is 22.4. The highest BCUT2D eigenvalue weighted by molar-refractivity contribution is 14.1. The summed E-state index contributed by atoms with van der Waals surface area (Å²) in [6.07, 6.45) is 2.34. The summed E-state index contributed by atoms with van der Waals surface area (Å²) in [5.74, 6) is -3.13. The lowest BCUT2D eigenvalue weighted by atomic mass is 9.72. The van der Waals surface area contributed by atoms with E-state index in [4.69, 9.17) is 18.9 Å². The highest BCUT2D eigenvalue weighted by atomic mass is 127. The fourth-order valence-electron chi connectivity index (χ4n) is 4.21. The molecule has 2 amide bonds. The summed E-state index contributed by atoms with van der Waals surface area (Å²) in [6.45, 7) is 3.70. The van der Waals surface area contributed by atoms with Gasteiger partial charge in [0.2, 0.25) is 12.7 Å². The average molecular weight is 684 g/mol. The molecule has 2 aliphatic heterocycles. The molecule has 2 aromatic rings. The number of nitrogens with one attached hydrogen (secondary N) is 3. The van der Waals surface area contributed by atoms with Crippen LogP contribution in [0.25, 0.3) is 0 Å². The van der Waals surface area contributed by atoms with E-state index < -0.39 is 43.3 Å². The number of para-hydroxylation sites is 1. The molecule has 0 unspecified atom stereocenters. The molecule has 4 rings (SSSR count). The minimum atomic E-state index is -1.47. The second-order valence-corrected chi connectivity index (χ2v) is 10.5. The molecule has 2 atom stereocenters. The first-order valence-electron chi connectivity index (χ1n) is 12.8. The predicted octanol–water partition coefficient (Wildman–Crippen LogP) is -0.645. The van der Waals surface area contributed by atoms with Crippen molar-refractivity contribution in [2.45, 2.75) is 50.8 Å². The summed E-state index contributed by atoms with van der Waals surface area (Å²) in [5, 5.41) is 26.9. The van der Waals surface area contributed by atoms with Gasteiger partial charge in [-0.25, -0.2) is 14.3 Å². The van der Waals surface area contributed by atoms with Crippen molar-refractivity contribution in [3.8, 4) is 5.75 Å². The number of nitrogens with zero attached hydrogens (tertiary/aromatic N) is 3. The van der Waals surface area contributed by atoms with Gasteiger partial charge >= 0.3 is 19.1 Å². The molecule has 41 heavy (non-hydrogen) atoms. The van der Waals surface area contributed by atoms with Crippen LogP contribution in [0.3, 0.4) is 0 Å². The summed E-state index contributed by atoms with van der Waals surface area (Å²) in [4.78, 5) is 49.8. The van der Waals surface area contributed by atoms with E-state index in [0.717, 1.165) is 13.0 Å². The molecule has 0 spiro atoms. The number of hydrogen-bond donors (Lipinski definition) is 4. The molecule has 220 valence electrons. The first-order chi connectivity index (χ1) is 19.6. The minimum absolute atomic E-state index is 0.0179. The van der Waals surface area contributed by atoms with E-state index in [-0.39, 0.29) is 46.5 Å². The summed E-state index contributed by atoms with van der Waals surface area (Å²) >= 11 is 1.95. The van der Waals surface area contributed by atoms with Crippen molar-refractivity contribution in [2.75, 3.05) is 24.5 Å². The Morgan fingerprint density at radius 3 is 2.80 bits per heavy atom. The van der Waals surface area contributed by atoms with Gasteiger partial charge in [0.05, 0.1) is 16.8 Å². The summed E-state index contributed by atoms with van der Waals surface area (Å²) in [5.41, 5.74) is -0.549. The highest BCUT2D eigenvalue weighted by Gasteiger charge is 2.38. The first-order valence-corrected chi connectivity index (χ1v) is 14.3. The molecule has 1 fully saturated rings. The van der Waals surface area contributed by atoms with Crippen molar-refractivity contribution in [3.63, 3.8) is 0 Å². The Morgan fingerprint density at radius 1 is 1.27 bits per heavy atom. The largest absolute Gasteiger partial charge is 0.547 e. The van der Waals surface area contributed by atoms with Gasteiger partial charge in [-0.3, -0.25) is 9.59 Å². The van der Waals surface area contributed by atoms with Crippen LogP contribution in [0.2, 0.25) is 0 Å². The number of carbonyl (C=O) groups is 4. The average Bonchev–Trinajstić information content (AvgIpc) is 3.61. The van der Waals surface area contributed by atoms with Gasteiger partial charge in [0.25, 0.3) is 5.91 Å². The van der Waals surface area contributed by atoms with Crippen LogP contribution in [0.1, 0.15) is 46.7 Å². The maximum atomic E-state index is 12.7. The van der Waals surface area contributed by atoms with Crippen LogP contribution in [0.5, 0.6) is 5.75 Å². The topological polar surface area (TPSA) is 192 Å². The third kappa shape index (κ3) is 7.93. The Hall–Kier alpha value is -3.29. The van der Waals surface area contributed by atoms with E-state index in [9.17, 15) is 24.2 Å². The van der Waals surface area contributed by atoms with Crippen molar-refractivity contribution >= 4 is 53.5 Å². The third-order valence-electron chi connectivity index (χ3n) is 6.44. The number of aromatic nitrogens is 3. The lowest BCUT2D eigenvalue weighted by Crippen LogP contribution is -2.53. The fourth-order valence-corrected chi connectivity index (χ4v) is 4.99. The smallest absolute Gasteiger partial charge is 0.534 e. The SMILES string of the molecule is CC(C)(OCI)C(=O)OCOC(=O)c1cccc2c1OB(O)[C@@H](NC(=O)Cn1cc(C(=O)N[C@H]3CCNC3)nn1)C2. The number of rotatable bonds is 11. The monoisotopic (exact) mass is 684 g/mol. The minimum Gasteiger partial charge on any atom is -0.534 e. The van der Waals surface area contributed by atoms with E-state index in [1.165, 1.54) is 30.8 Å². The van der Waals surface area contributed by atoms with E-state index in [2.05, 4.69) is 26.3 Å². The van der Waals surface area contributed by atoms with E-state index in [0.29, 0.717) is 12.1 Å². The molecule has 1 aromatic heterocycles. The molecule has 3 heterocycles. The number of ether oxygens (including phenoxy) is 3. The van der Waals surface area contributed by atoms with Crippen LogP contribution >= 0.6 is 22.6 Å². The molecular weight excluding hydrogens is 654 g/mol. The Bertz CT molecular complexity index is 1290. The van der Waals surface area contributed by atoms with Crippen LogP contribution < -0.4 is 20.6 Å². The van der Waals surface area contributed by atoms with Crippen LogP contribution in [0.15, 0.2) is 24.4 Å². The van der Waals surface area contributed by atoms with Crippen molar-refractivity contribution in [1.82, 2.24) is 30.9 Å². The molecule has 1 aromatic carbocycles. The number of halogens is 1. The lowest BCUT2D eigenvalue weighted by Gasteiger charge is -2.29. The van der Waals surface area contributed by atoms with E-state index in [1.807, 2.05) is 22.6 Å². The molecule has 15 nitrogen and oxygen atoms in total. The zero-order valence-corrected chi connectivity index (χ0v) is 24.6. The molecule has 0 aliphatic carbocycles. The van der Waals surface area contributed by atoms with E-state index in [1.54, 1.807) is 12.1 Å². The molecular formula is C24H30BIN6O9. The summed E-state index contributed by atoms with van der Waals surface area (Å²) in [7, 11) is -1.47. The molecule has 0 radical (unpaired) electrons. The van der Waals surface area contributed by atoms with Gasteiger partial charge < -0.3 is 39.8 Å². The first kappa shape index (κ1) is 30.7. The molecule has 2 aliphatic rings. The zero-order valence-electron chi connectivity index (χ0n) is 22.4. The Morgan fingerprint density at radius 2 is 2.07 bits per heavy atom. The fraction of sp³-hybridized carbons (Fsp3) is 0.500. The van der Waals surface area contributed by atoms with Crippen molar-refractivity contribution in [1.29, 1.82) is 0 Å². The number of hydrogen-bond acceptors (Lipinski definition) is 12. The van der Waals surface area contributed by atoms with Crippen LogP contribution in [0.4, 0.5) is 0 Å². The molecule has 0 saturated carbocycles. The predicted molar refractivity (Wildman–Crippen MR) is 150 cm³/mol. The van der Waals surface area contributed by atoms with Gasteiger partial charge in [-0.1, -0.05) is 39.9 Å². The standard InChI is InChI=1S/C24H30BIN6O9/c1-24(2,40-12-26)23(36)39-13-38-22(35)16-5-3-4-14-8-18(25(37)41-20(14)16)29-19(33)11-32-10-17(30-31-32)21(34)28-15-6-7-27-9-15/h3-5,10,15,18,27,37H,6-9,11-13H2,1-2H3,(H,28,34)(H,29,33)/t15-,18-/m0/s1. The number of benzene rings is 1. The Balaban J connectivity index is 1.30. The number of amides is 2. The second-order valence-electron chi connectivity index (χ2n) is 9.89. The van der Waals surface area contributed by atoms with E-state index >= 15 is 0 Å². The number of esters is 2. The molecule has 4 N–H and O–H groups in total. The van der Waals surface area contributed by atoms with Crippen molar-refractivity contribution < 1.29 is 43.1 Å². The zero-order chi connectivity index (χ0) is 29.6. The second kappa shape index (κ2) is 13.6. The lowest BCUT2D eigenvalue weighted by molar-refractivity contribution is -0.173. The highest BCUT2D eigenvalue weighted by Crippen LogP contribution is 2.30. The summed E-state index contributed by atoms with van der Waals surface area (Å²) in [6, 6.07) is 4.75. The van der Waals surface area contributed by atoms with Crippen molar-refractivity contribution in [3.05, 3.63) is 41.2 Å². The Labute approximate surface area is 249 Å². The van der Waals surface area contributed by atoms with Gasteiger partial charge in [0.1, 0.15) is 17.9 Å².